The van der Waals surface area contributed by atoms with Crippen LogP contribution in [0, 0.1) is 0 Å². The summed E-state index contributed by atoms with van der Waals surface area (Å²) in [5, 5.41) is 0. The van der Waals surface area contributed by atoms with Crippen LogP contribution in [0.4, 0.5) is 0 Å². The van der Waals surface area contributed by atoms with Gasteiger partial charge in [0.15, 0.2) is 0 Å². The van der Waals surface area contributed by atoms with Crippen molar-refractivity contribution in [3.63, 3.8) is 0 Å². The Bertz CT molecular complexity index is 1090. The second-order valence-corrected chi connectivity index (χ2v) is 10.1. The number of benzene rings is 3. The molecule has 3 aromatic carbocycles. The van der Waals surface area contributed by atoms with Crippen LogP contribution in [-0.4, -0.2) is 12.8 Å². The number of hydrogen-bond acceptors (Lipinski definition) is 4. The average Bonchev–Trinajstić information content (AvgIpc) is 2.95. The summed E-state index contributed by atoms with van der Waals surface area (Å²) >= 11 is 0. The highest BCUT2D eigenvalue weighted by atomic mass is 16.7. The van der Waals surface area contributed by atoms with Crippen LogP contribution in [-0.2, 0) is 0 Å². The predicted octanol–water partition coefficient (Wildman–Crippen LogP) is 8.42. The molecule has 0 N–H and O–H groups in total. The van der Waals surface area contributed by atoms with E-state index >= 15 is 0 Å². The summed E-state index contributed by atoms with van der Waals surface area (Å²) < 4.78 is 17.0. The van der Waals surface area contributed by atoms with Crippen LogP contribution < -0.4 is 14.2 Å². The van der Waals surface area contributed by atoms with E-state index in [2.05, 4.69) is 24.3 Å². The Morgan fingerprint density at radius 3 is 1.47 bits per heavy atom. The van der Waals surface area contributed by atoms with E-state index < -0.39 is 0 Å². The smallest absolute Gasteiger partial charge is 0.343 e. The second kappa shape index (κ2) is 12.1. The van der Waals surface area contributed by atoms with Crippen LogP contribution in [0.25, 0.3) is 0 Å². The molecule has 2 saturated carbocycles. The zero-order chi connectivity index (χ0) is 24.6. The van der Waals surface area contributed by atoms with E-state index in [1.54, 1.807) is 24.3 Å². The molecule has 4 nitrogen and oxygen atoms in total. The van der Waals surface area contributed by atoms with E-state index in [1.165, 1.54) is 75.3 Å². The fourth-order valence-corrected chi connectivity index (χ4v) is 5.53. The van der Waals surface area contributed by atoms with Gasteiger partial charge >= 0.3 is 5.97 Å². The van der Waals surface area contributed by atoms with Crippen LogP contribution in [0.1, 0.15) is 97.5 Å². The topological polar surface area (TPSA) is 44.8 Å². The molecule has 5 rings (SSSR count). The minimum absolute atomic E-state index is 0.120. The van der Waals surface area contributed by atoms with E-state index in [9.17, 15) is 4.79 Å². The fraction of sp³-hybridized carbons (Fsp3) is 0.406. The van der Waals surface area contributed by atoms with Crippen molar-refractivity contribution in [3.8, 4) is 17.2 Å². The van der Waals surface area contributed by atoms with Crippen molar-refractivity contribution in [3.05, 3.63) is 89.5 Å². The minimum Gasteiger partial charge on any atom is -0.458 e. The lowest BCUT2D eigenvalue weighted by molar-refractivity contribution is 0.0734. The highest BCUT2D eigenvalue weighted by Crippen LogP contribution is 2.34. The van der Waals surface area contributed by atoms with Gasteiger partial charge in [-0.15, -0.1) is 0 Å². The third kappa shape index (κ3) is 6.48. The molecule has 0 radical (unpaired) electrons. The third-order valence-electron chi connectivity index (χ3n) is 7.67. The fourth-order valence-electron chi connectivity index (χ4n) is 5.53. The highest BCUT2D eigenvalue weighted by molar-refractivity contribution is 5.91. The maximum Gasteiger partial charge on any atom is 0.343 e. The van der Waals surface area contributed by atoms with E-state index in [0.29, 0.717) is 28.9 Å². The van der Waals surface area contributed by atoms with Crippen LogP contribution >= 0.6 is 0 Å². The summed E-state index contributed by atoms with van der Waals surface area (Å²) in [6, 6.07) is 23.4. The molecule has 0 amide bonds. The maximum absolute atomic E-state index is 12.6. The molecule has 3 aromatic rings. The molecule has 2 aliphatic rings. The molecule has 0 heterocycles. The molecule has 0 aromatic heterocycles. The van der Waals surface area contributed by atoms with Crippen LogP contribution in [0.5, 0.6) is 17.2 Å². The van der Waals surface area contributed by atoms with Gasteiger partial charge in [0, 0.05) is 0 Å². The summed E-state index contributed by atoms with van der Waals surface area (Å²) in [6.07, 6.45) is 13.1. The summed E-state index contributed by atoms with van der Waals surface area (Å²) in [4.78, 5) is 12.6. The van der Waals surface area contributed by atoms with Crippen molar-refractivity contribution in [1.29, 1.82) is 0 Å². The number of carbonyl (C=O) groups is 1. The largest absolute Gasteiger partial charge is 0.458 e. The number of carbonyl (C=O) groups excluding carboxylic acids is 1. The van der Waals surface area contributed by atoms with Crippen molar-refractivity contribution < 1.29 is 19.0 Å². The number of rotatable bonds is 8. The van der Waals surface area contributed by atoms with Crippen molar-refractivity contribution >= 4 is 5.97 Å². The first kappa shape index (κ1) is 24.4. The summed E-state index contributed by atoms with van der Waals surface area (Å²) in [6.45, 7) is 0.120. The van der Waals surface area contributed by atoms with Gasteiger partial charge in [-0.3, -0.25) is 0 Å². The predicted molar refractivity (Wildman–Crippen MR) is 142 cm³/mol. The lowest BCUT2D eigenvalue weighted by Crippen LogP contribution is -2.10. The Labute approximate surface area is 214 Å². The molecule has 0 saturated heterocycles. The van der Waals surface area contributed by atoms with Crippen molar-refractivity contribution in [2.45, 2.75) is 76.0 Å². The lowest BCUT2D eigenvalue weighted by Gasteiger charge is -2.22. The highest BCUT2D eigenvalue weighted by Gasteiger charge is 2.17. The summed E-state index contributed by atoms with van der Waals surface area (Å²) in [5.41, 5.74) is 3.31. The monoisotopic (exact) mass is 484 g/mol. The van der Waals surface area contributed by atoms with Gasteiger partial charge in [-0.05, 0) is 97.2 Å². The maximum atomic E-state index is 12.6. The van der Waals surface area contributed by atoms with Crippen molar-refractivity contribution in [2.24, 2.45) is 0 Å². The third-order valence-corrected chi connectivity index (χ3v) is 7.67. The molecule has 2 aliphatic carbocycles. The van der Waals surface area contributed by atoms with Gasteiger partial charge in [0.1, 0.15) is 17.2 Å². The second-order valence-electron chi connectivity index (χ2n) is 10.1. The van der Waals surface area contributed by atoms with E-state index in [1.807, 2.05) is 24.3 Å². The molecule has 0 spiro atoms. The first-order valence-corrected chi connectivity index (χ1v) is 13.5. The van der Waals surface area contributed by atoms with Crippen LogP contribution in [0.3, 0.4) is 0 Å². The Morgan fingerprint density at radius 1 is 0.556 bits per heavy atom. The summed E-state index contributed by atoms with van der Waals surface area (Å²) in [5.74, 6) is 2.92. The standard InChI is InChI=1S/C32H36O4/c33-32(28-13-11-26(12-14-28)24-7-3-1-4-8-24)36-31-21-19-30(20-22-31)35-23-34-29-17-15-27(16-18-29)25-9-5-2-6-10-25/h11-22,24-25H,1-10,23H2. The molecule has 188 valence electrons. The Hall–Kier alpha value is -3.27. The SMILES string of the molecule is O=C(Oc1ccc(OCOc2ccc(C3CCCCC3)cc2)cc1)c1ccc(C2CCCCC2)cc1. The minimum atomic E-state index is -0.348. The number of esters is 1. The van der Waals surface area contributed by atoms with Gasteiger partial charge in [-0.1, -0.05) is 62.8 Å². The number of hydrogen-bond donors (Lipinski definition) is 0. The average molecular weight is 485 g/mol. The molecule has 0 unspecified atom stereocenters. The van der Waals surface area contributed by atoms with Crippen LogP contribution in [0.2, 0.25) is 0 Å². The van der Waals surface area contributed by atoms with Gasteiger partial charge in [-0.25, -0.2) is 4.79 Å². The van der Waals surface area contributed by atoms with E-state index in [4.69, 9.17) is 14.2 Å². The van der Waals surface area contributed by atoms with Gasteiger partial charge < -0.3 is 14.2 Å². The Morgan fingerprint density at radius 2 is 0.972 bits per heavy atom. The molecule has 0 bridgehead atoms. The first-order chi connectivity index (χ1) is 17.7. The van der Waals surface area contributed by atoms with Gasteiger partial charge in [0.25, 0.3) is 0 Å². The molecule has 0 atom stereocenters. The molecular weight excluding hydrogens is 448 g/mol. The Balaban J connectivity index is 1.07. The quantitative estimate of drug-likeness (QED) is 0.183. The molecule has 0 aliphatic heterocycles. The molecular formula is C32H36O4. The van der Waals surface area contributed by atoms with Crippen molar-refractivity contribution in [2.75, 3.05) is 6.79 Å². The molecule has 4 heteroatoms. The molecule has 36 heavy (non-hydrogen) atoms. The van der Waals surface area contributed by atoms with Crippen molar-refractivity contribution in [1.82, 2.24) is 0 Å². The van der Waals surface area contributed by atoms with Gasteiger partial charge in [0.2, 0.25) is 6.79 Å². The zero-order valence-corrected chi connectivity index (χ0v) is 21.0. The lowest BCUT2D eigenvalue weighted by atomic mass is 9.84. The van der Waals surface area contributed by atoms with E-state index in [0.717, 1.165) is 5.75 Å². The molecule has 2 fully saturated rings. The zero-order valence-electron chi connectivity index (χ0n) is 21.0. The Kier molecular flexibility index (Phi) is 8.22. The van der Waals surface area contributed by atoms with Gasteiger partial charge in [0.05, 0.1) is 5.56 Å². The normalized spacial score (nSPS) is 16.9. The summed E-state index contributed by atoms with van der Waals surface area (Å²) in [7, 11) is 0. The van der Waals surface area contributed by atoms with E-state index in [-0.39, 0.29) is 12.8 Å². The number of ether oxygens (including phenoxy) is 3. The van der Waals surface area contributed by atoms with Crippen LogP contribution in [0.15, 0.2) is 72.8 Å². The van der Waals surface area contributed by atoms with Gasteiger partial charge in [-0.2, -0.15) is 0 Å². The first-order valence-electron chi connectivity index (χ1n) is 13.5.